The molecule has 1 aliphatic rings. The summed E-state index contributed by atoms with van der Waals surface area (Å²) in [5.41, 5.74) is 2.07. The van der Waals surface area contributed by atoms with Crippen molar-refractivity contribution in [1.82, 2.24) is 15.3 Å². The normalized spacial score (nSPS) is 14.9. The number of aromatic nitrogens is 2. The first kappa shape index (κ1) is 15.9. The number of hydrogen-bond donors (Lipinski definition) is 1. The van der Waals surface area contributed by atoms with Gasteiger partial charge in [0.2, 0.25) is 0 Å². The van der Waals surface area contributed by atoms with Crippen molar-refractivity contribution in [2.75, 3.05) is 18.0 Å². The molecular formula is C18H19N5O. The topological polar surface area (TPSA) is 81.9 Å². The molecule has 0 spiro atoms. The highest BCUT2D eigenvalue weighted by atomic mass is 16.1. The summed E-state index contributed by atoms with van der Waals surface area (Å²) in [5, 5.41) is 12.3. The Hall–Kier alpha value is -2.94. The number of hydrogen-bond acceptors (Lipinski definition) is 5. The minimum atomic E-state index is -0.0899. The number of pyridine rings is 2. The highest BCUT2D eigenvalue weighted by molar-refractivity contribution is 5.94. The van der Waals surface area contributed by atoms with Crippen molar-refractivity contribution < 1.29 is 4.79 Å². The number of aryl methyl sites for hydroxylation is 1. The van der Waals surface area contributed by atoms with Crippen molar-refractivity contribution >= 4 is 11.7 Å². The Balaban J connectivity index is 1.61. The molecule has 0 aliphatic carbocycles. The summed E-state index contributed by atoms with van der Waals surface area (Å²) in [6.45, 7) is 3.46. The number of anilines is 1. The van der Waals surface area contributed by atoms with Gasteiger partial charge >= 0.3 is 0 Å². The molecule has 1 saturated heterocycles. The second kappa shape index (κ2) is 7.09. The summed E-state index contributed by atoms with van der Waals surface area (Å²) >= 11 is 0. The first-order valence-corrected chi connectivity index (χ1v) is 8.01. The van der Waals surface area contributed by atoms with E-state index in [0.717, 1.165) is 37.4 Å². The molecule has 0 radical (unpaired) electrons. The molecule has 0 unspecified atom stereocenters. The van der Waals surface area contributed by atoms with Crippen LogP contribution in [0.4, 0.5) is 5.82 Å². The zero-order valence-electron chi connectivity index (χ0n) is 13.6. The van der Waals surface area contributed by atoms with Gasteiger partial charge in [0, 0.05) is 37.2 Å². The quantitative estimate of drug-likeness (QED) is 0.935. The van der Waals surface area contributed by atoms with Crippen molar-refractivity contribution in [2.45, 2.75) is 25.8 Å². The van der Waals surface area contributed by atoms with Crippen molar-refractivity contribution in [3.63, 3.8) is 0 Å². The van der Waals surface area contributed by atoms with Crippen molar-refractivity contribution in [3.05, 3.63) is 53.5 Å². The Labute approximate surface area is 141 Å². The molecule has 0 aromatic carbocycles. The number of nitriles is 1. The van der Waals surface area contributed by atoms with Gasteiger partial charge in [0.05, 0.1) is 11.1 Å². The summed E-state index contributed by atoms with van der Waals surface area (Å²) in [6.07, 6.45) is 4.87. The number of carbonyl (C=O) groups excluding carboxylic acids is 1. The molecule has 1 amide bonds. The maximum atomic E-state index is 12.2. The van der Waals surface area contributed by atoms with E-state index in [1.807, 2.05) is 19.1 Å². The van der Waals surface area contributed by atoms with Gasteiger partial charge in [0.25, 0.3) is 5.91 Å². The number of carbonyl (C=O) groups is 1. The summed E-state index contributed by atoms with van der Waals surface area (Å²) < 4.78 is 0. The Bertz CT molecular complexity index is 761. The third-order valence-corrected chi connectivity index (χ3v) is 4.19. The molecule has 3 rings (SSSR count). The number of nitrogens with zero attached hydrogens (tertiary/aromatic N) is 4. The Kier molecular flexibility index (Phi) is 4.71. The van der Waals surface area contributed by atoms with Crippen LogP contribution in [0, 0.1) is 18.3 Å². The lowest BCUT2D eigenvalue weighted by atomic mass is 10.0. The zero-order chi connectivity index (χ0) is 16.9. The van der Waals surface area contributed by atoms with E-state index in [1.165, 1.54) is 0 Å². The van der Waals surface area contributed by atoms with Crippen molar-refractivity contribution in [3.8, 4) is 6.07 Å². The molecule has 1 aliphatic heterocycles. The summed E-state index contributed by atoms with van der Waals surface area (Å²) in [5.74, 6) is 0.655. The fourth-order valence-corrected chi connectivity index (χ4v) is 2.87. The number of piperidine rings is 1. The smallest absolute Gasteiger partial charge is 0.253 e. The second-order valence-electron chi connectivity index (χ2n) is 5.91. The Morgan fingerprint density at radius 2 is 2.12 bits per heavy atom. The fraction of sp³-hybridized carbons (Fsp3) is 0.333. The van der Waals surface area contributed by atoms with E-state index in [4.69, 9.17) is 0 Å². The van der Waals surface area contributed by atoms with Gasteiger partial charge in [0.1, 0.15) is 11.9 Å². The van der Waals surface area contributed by atoms with Crippen LogP contribution < -0.4 is 10.2 Å². The first-order chi connectivity index (χ1) is 11.7. The molecule has 6 heteroatoms. The lowest BCUT2D eigenvalue weighted by molar-refractivity contribution is 0.0930. The third kappa shape index (κ3) is 3.51. The van der Waals surface area contributed by atoms with Crippen LogP contribution >= 0.6 is 0 Å². The van der Waals surface area contributed by atoms with E-state index in [2.05, 4.69) is 26.3 Å². The van der Waals surface area contributed by atoms with Crippen LogP contribution in [0.3, 0.4) is 0 Å². The van der Waals surface area contributed by atoms with Crippen LogP contribution in [-0.4, -0.2) is 35.0 Å². The monoisotopic (exact) mass is 321 g/mol. The standard InChI is InChI=1S/C18H19N5O/c1-13-4-5-14(11-19)17(21-13)23-9-6-16(7-10-23)22-18(24)15-3-2-8-20-12-15/h2-5,8,12,16H,6-7,9-10H2,1H3,(H,22,24). The molecule has 0 saturated carbocycles. The maximum absolute atomic E-state index is 12.2. The minimum absolute atomic E-state index is 0.0899. The largest absolute Gasteiger partial charge is 0.355 e. The van der Waals surface area contributed by atoms with E-state index < -0.39 is 0 Å². The predicted octanol–water partition coefficient (Wildman–Crippen LogP) is 2.06. The van der Waals surface area contributed by atoms with Crippen LogP contribution in [0.5, 0.6) is 0 Å². The van der Waals surface area contributed by atoms with Crippen LogP contribution in [0.2, 0.25) is 0 Å². The van der Waals surface area contributed by atoms with Gasteiger partial charge in [-0.15, -0.1) is 0 Å². The van der Waals surface area contributed by atoms with Gasteiger partial charge in [-0.3, -0.25) is 9.78 Å². The Morgan fingerprint density at radius 3 is 2.79 bits per heavy atom. The van der Waals surface area contributed by atoms with E-state index in [1.54, 1.807) is 24.5 Å². The van der Waals surface area contributed by atoms with Crippen LogP contribution in [0.1, 0.15) is 34.5 Å². The number of amides is 1. The molecule has 3 heterocycles. The summed E-state index contributed by atoms with van der Waals surface area (Å²) in [4.78, 5) is 22.8. The van der Waals surface area contributed by atoms with Crippen molar-refractivity contribution in [2.24, 2.45) is 0 Å². The van der Waals surface area contributed by atoms with Gasteiger partial charge in [-0.05, 0) is 44.0 Å². The number of rotatable bonds is 3. The fourth-order valence-electron chi connectivity index (χ4n) is 2.87. The second-order valence-corrected chi connectivity index (χ2v) is 5.91. The van der Waals surface area contributed by atoms with Gasteiger partial charge in [-0.2, -0.15) is 5.26 Å². The van der Waals surface area contributed by atoms with Gasteiger partial charge in [0.15, 0.2) is 0 Å². The van der Waals surface area contributed by atoms with Crippen LogP contribution in [-0.2, 0) is 0 Å². The lowest BCUT2D eigenvalue weighted by Crippen LogP contribution is -2.45. The highest BCUT2D eigenvalue weighted by Gasteiger charge is 2.23. The lowest BCUT2D eigenvalue weighted by Gasteiger charge is -2.33. The minimum Gasteiger partial charge on any atom is -0.355 e. The highest BCUT2D eigenvalue weighted by Crippen LogP contribution is 2.22. The average molecular weight is 321 g/mol. The van der Waals surface area contributed by atoms with Crippen LogP contribution in [0.25, 0.3) is 0 Å². The molecule has 1 N–H and O–H groups in total. The molecule has 122 valence electrons. The van der Waals surface area contributed by atoms with E-state index in [0.29, 0.717) is 11.1 Å². The molecule has 2 aromatic heterocycles. The molecule has 0 atom stereocenters. The van der Waals surface area contributed by atoms with Crippen molar-refractivity contribution in [1.29, 1.82) is 5.26 Å². The Morgan fingerprint density at radius 1 is 1.33 bits per heavy atom. The molecular weight excluding hydrogens is 302 g/mol. The van der Waals surface area contributed by atoms with E-state index in [-0.39, 0.29) is 11.9 Å². The summed E-state index contributed by atoms with van der Waals surface area (Å²) in [6, 6.07) is 9.51. The third-order valence-electron chi connectivity index (χ3n) is 4.19. The van der Waals surface area contributed by atoms with Gasteiger partial charge in [-0.25, -0.2) is 4.98 Å². The van der Waals surface area contributed by atoms with E-state index >= 15 is 0 Å². The van der Waals surface area contributed by atoms with Crippen LogP contribution in [0.15, 0.2) is 36.7 Å². The molecule has 0 bridgehead atoms. The molecule has 6 nitrogen and oxygen atoms in total. The van der Waals surface area contributed by atoms with Gasteiger partial charge < -0.3 is 10.2 Å². The number of nitrogens with one attached hydrogen (secondary N) is 1. The predicted molar refractivity (Wildman–Crippen MR) is 90.6 cm³/mol. The van der Waals surface area contributed by atoms with E-state index in [9.17, 15) is 10.1 Å². The zero-order valence-corrected chi connectivity index (χ0v) is 13.6. The molecule has 2 aromatic rings. The molecule has 1 fully saturated rings. The SMILES string of the molecule is Cc1ccc(C#N)c(N2CCC(NC(=O)c3cccnc3)CC2)n1. The van der Waals surface area contributed by atoms with Gasteiger partial charge in [-0.1, -0.05) is 0 Å². The first-order valence-electron chi connectivity index (χ1n) is 8.01. The maximum Gasteiger partial charge on any atom is 0.253 e. The average Bonchev–Trinajstić information content (AvgIpc) is 2.63. The summed E-state index contributed by atoms with van der Waals surface area (Å²) in [7, 11) is 0. The molecule has 24 heavy (non-hydrogen) atoms.